The van der Waals surface area contributed by atoms with Crippen LogP contribution in [0.5, 0.6) is 0 Å². The summed E-state index contributed by atoms with van der Waals surface area (Å²) < 4.78 is 8.52. The van der Waals surface area contributed by atoms with Crippen LogP contribution in [0.4, 0.5) is 0 Å². The normalized spacial score (nSPS) is 11.3. The molecular weight excluding hydrogens is 256 g/mol. The van der Waals surface area contributed by atoms with Crippen LogP contribution < -0.4 is 5.69 Å². The lowest BCUT2D eigenvalue weighted by Gasteiger charge is -1.97. The van der Waals surface area contributed by atoms with E-state index in [0.29, 0.717) is 31.2 Å². The summed E-state index contributed by atoms with van der Waals surface area (Å²) in [6.45, 7) is 4.88. The zero-order valence-corrected chi connectivity index (χ0v) is 11.5. The van der Waals surface area contributed by atoms with Gasteiger partial charge in [-0.15, -0.1) is 0 Å². The molecule has 0 aliphatic rings. The van der Waals surface area contributed by atoms with Crippen molar-refractivity contribution in [2.24, 2.45) is 0 Å². The number of hydrogen-bond acceptors (Lipinski definition) is 4. The van der Waals surface area contributed by atoms with Gasteiger partial charge in [-0.2, -0.15) is 4.98 Å². The summed E-state index contributed by atoms with van der Waals surface area (Å²) >= 11 is 0. The van der Waals surface area contributed by atoms with Crippen LogP contribution in [0.15, 0.2) is 33.6 Å². The Morgan fingerprint density at radius 1 is 1.15 bits per heavy atom. The van der Waals surface area contributed by atoms with Crippen molar-refractivity contribution in [3.8, 4) is 0 Å². The minimum atomic E-state index is -0.0449. The number of para-hydroxylation sites is 2. The van der Waals surface area contributed by atoms with E-state index in [1.807, 2.05) is 38.1 Å². The predicted molar refractivity (Wildman–Crippen MR) is 74.7 cm³/mol. The van der Waals surface area contributed by atoms with Gasteiger partial charge in [0.2, 0.25) is 5.89 Å². The Hall–Kier alpha value is -2.37. The molecule has 0 N–H and O–H groups in total. The summed E-state index contributed by atoms with van der Waals surface area (Å²) in [5.41, 5.74) is 1.78. The monoisotopic (exact) mass is 272 g/mol. The number of benzene rings is 1. The van der Waals surface area contributed by atoms with E-state index < -0.39 is 0 Å². The molecule has 0 atom stereocenters. The van der Waals surface area contributed by atoms with Crippen LogP contribution in [-0.2, 0) is 19.5 Å². The van der Waals surface area contributed by atoms with E-state index in [1.54, 1.807) is 9.13 Å². The molecule has 2 heterocycles. The Labute approximate surface area is 115 Å². The Balaban J connectivity index is 2.11. The average Bonchev–Trinajstić information content (AvgIpc) is 3.03. The summed E-state index contributed by atoms with van der Waals surface area (Å²) in [7, 11) is 0. The lowest BCUT2D eigenvalue weighted by atomic mass is 10.3. The van der Waals surface area contributed by atoms with Gasteiger partial charge in [-0.3, -0.25) is 9.13 Å². The van der Waals surface area contributed by atoms with E-state index in [0.717, 1.165) is 11.0 Å². The quantitative estimate of drug-likeness (QED) is 0.726. The van der Waals surface area contributed by atoms with Crippen LogP contribution in [0.25, 0.3) is 11.0 Å². The zero-order valence-electron chi connectivity index (χ0n) is 11.5. The summed E-state index contributed by atoms with van der Waals surface area (Å²) in [6.07, 6.45) is 0.693. The first kappa shape index (κ1) is 12.7. The number of fused-ring (bicyclic) bond motifs is 1. The van der Waals surface area contributed by atoms with E-state index in [-0.39, 0.29) is 5.69 Å². The van der Waals surface area contributed by atoms with Crippen molar-refractivity contribution in [3.63, 3.8) is 0 Å². The maximum atomic E-state index is 12.4. The molecule has 6 nitrogen and oxygen atoms in total. The smallest absolute Gasteiger partial charge is 0.329 e. The molecule has 0 bridgehead atoms. The summed E-state index contributed by atoms with van der Waals surface area (Å²) in [5, 5.41) is 3.91. The highest BCUT2D eigenvalue weighted by Gasteiger charge is 2.14. The van der Waals surface area contributed by atoms with E-state index in [4.69, 9.17) is 4.52 Å². The van der Waals surface area contributed by atoms with Gasteiger partial charge in [0.05, 0.1) is 17.6 Å². The second-order valence-corrected chi connectivity index (χ2v) is 4.56. The highest BCUT2D eigenvalue weighted by Crippen LogP contribution is 2.13. The number of aromatic nitrogens is 4. The maximum absolute atomic E-state index is 12.4. The second kappa shape index (κ2) is 4.96. The molecule has 0 saturated heterocycles. The van der Waals surface area contributed by atoms with Gasteiger partial charge < -0.3 is 4.52 Å². The fourth-order valence-corrected chi connectivity index (χ4v) is 2.37. The lowest BCUT2D eigenvalue weighted by molar-refractivity contribution is 0.375. The first-order valence-electron chi connectivity index (χ1n) is 6.74. The maximum Gasteiger partial charge on any atom is 0.329 e. The first-order valence-corrected chi connectivity index (χ1v) is 6.74. The largest absolute Gasteiger partial charge is 0.339 e. The molecule has 0 unspecified atom stereocenters. The number of nitrogens with zero attached hydrogens (tertiary/aromatic N) is 4. The van der Waals surface area contributed by atoms with Crippen molar-refractivity contribution in [2.45, 2.75) is 33.4 Å². The topological polar surface area (TPSA) is 65.8 Å². The zero-order chi connectivity index (χ0) is 14.1. The van der Waals surface area contributed by atoms with Crippen LogP contribution in [0.3, 0.4) is 0 Å². The summed E-state index contributed by atoms with van der Waals surface area (Å²) in [4.78, 5) is 16.7. The third kappa shape index (κ3) is 1.93. The summed E-state index contributed by atoms with van der Waals surface area (Å²) in [5.74, 6) is 1.12. The number of aryl methyl sites for hydroxylation is 2. The van der Waals surface area contributed by atoms with Crippen LogP contribution in [0.1, 0.15) is 25.6 Å². The molecule has 0 fully saturated rings. The minimum Gasteiger partial charge on any atom is -0.339 e. The molecular formula is C14H16N4O2. The number of rotatable bonds is 4. The fourth-order valence-electron chi connectivity index (χ4n) is 2.37. The molecule has 0 amide bonds. The van der Waals surface area contributed by atoms with Crippen LogP contribution in [-0.4, -0.2) is 19.3 Å². The third-order valence-corrected chi connectivity index (χ3v) is 3.35. The van der Waals surface area contributed by atoms with Crippen LogP contribution in [0, 0.1) is 0 Å². The van der Waals surface area contributed by atoms with Gasteiger partial charge in [-0.05, 0) is 19.1 Å². The van der Waals surface area contributed by atoms with Crippen molar-refractivity contribution < 1.29 is 4.52 Å². The van der Waals surface area contributed by atoms with Gasteiger partial charge in [0.25, 0.3) is 0 Å². The van der Waals surface area contributed by atoms with Gasteiger partial charge >= 0.3 is 5.69 Å². The SMILES string of the molecule is CCc1nc(Cn2c(=O)n(CC)c3ccccc32)no1. The van der Waals surface area contributed by atoms with Gasteiger partial charge in [0, 0.05) is 13.0 Å². The van der Waals surface area contributed by atoms with E-state index in [2.05, 4.69) is 10.1 Å². The molecule has 20 heavy (non-hydrogen) atoms. The lowest BCUT2D eigenvalue weighted by Crippen LogP contribution is -2.24. The Morgan fingerprint density at radius 2 is 1.85 bits per heavy atom. The standard InChI is InChI=1S/C14H16N4O2/c1-3-13-15-12(16-20-13)9-18-11-8-6-5-7-10(11)17(4-2)14(18)19/h5-8H,3-4,9H2,1-2H3. The van der Waals surface area contributed by atoms with E-state index >= 15 is 0 Å². The van der Waals surface area contributed by atoms with Crippen molar-refractivity contribution in [3.05, 3.63) is 46.5 Å². The molecule has 104 valence electrons. The molecule has 2 aromatic heterocycles. The van der Waals surface area contributed by atoms with Crippen LogP contribution in [0.2, 0.25) is 0 Å². The summed E-state index contributed by atoms with van der Waals surface area (Å²) in [6, 6.07) is 7.74. The second-order valence-electron chi connectivity index (χ2n) is 4.56. The number of hydrogen-bond donors (Lipinski definition) is 0. The highest BCUT2D eigenvalue weighted by molar-refractivity contribution is 5.76. The van der Waals surface area contributed by atoms with E-state index in [9.17, 15) is 4.79 Å². The minimum absolute atomic E-state index is 0.0449. The Kier molecular flexibility index (Phi) is 3.14. The van der Waals surface area contributed by atoms with Gasteiger partial charge in [0.15, 0.2) is 5.82 Å². The molecule has 0 saturated carbocycles. The highest BCUT2D eigenvalue weighted by atomic mass is 16.5. The van der Waals surface area contributed by atoms with E-state index in [1.165, 1.54) is 0 Å². The third-order valence-electron chi connectivity index (χ3n) is 3.35. The van der Waals surface area contributed by atoms with Crippen LogP contribution >= 0.6 is 0 Å². The van der Waals surface area contributed by atoms with Gasteiger partial charge in [0.1, 0.15) is 0 Å². The predicted octanol–water partition coefficient (Wildman–Crippen LogP) is 1.82. The van der Waals surface area contributed by atoms with Gasteiger partial charge in [-0.1, -0.05) is 24.2 Å². The van der Waals surface area contributed by atoms with Crippen molar-refractivity contribution >= 4 is 11.0 Å². The van der Waals surface area contributed by atoms with Crippen molar-refractivity contribution in [1.82, 2.24) is 19.3 Å². The fraction of sp³-hybridized carbons (Fsp3) is 0.357. The first-order chi connectivity index (χ1) is 9.74. The Morgan fingerprint density at radius 3 is 2.45 bits per heavy atom. The van der Waals surface area contributed by atoms with Crippen molar-refractivity contribution in [2.75, 3.05) is 0 Å². The molecule has 6 heteroatoms. The molecule has 0 aliphatic heterocycles. The molecule has 3 aromatic rings. The molecule has 3 rings (SSSR count). The number of imidazole rings is 1. The molecule has 0 aliphatic carbocycles. The van der Waals surface area contributed by atoms with Gasteiger partial charge in [-0.25, -0.2) is 4.79 Å². The average molecular weight is 272 g/mol. The molecule has 0 radical (unpaired) electrons. The van der Waals surface area contributed by atoms with Crippen molar-refractivity contribution in [1.29, 1.82) is 0 Å². The molecule has 0 spiro atoms. The molecule has 1 aromatic carbocycles. The Bertz CT molecular complexity index is 797.